The van der Waals surface area contributed by atoms with Crippen LogP contribution in [0.1, 0.15) is 31.6 Å². The summed E-state index contributed by atoms with van der Waals surface area (Å²) in [6, 6.07) is 0. The molecule has 0 bridgehead atoms. The van der Waals surface area contributed by atoms with Gasteiger partial charge < -0.3 is 5.11 Å². The van der Waals surface area contributed by atoms with Gasteiger partial charge in [-0.1, -0.05) is 18.2 Å². The number of aryl methyl sites for hydroxylation is 1. The van der Waals surface area contributed by atoms with E-state index in [1.54, 1.807) is 17.0 Å². The Bertz CT molecular complexity index is 270. The molecule has 72 valence electrons. The van der Waals surface area contributed by atoms with E-state index in [4.69, 9.17) is 0 Å². The zero-order chi connectivity index (χ0) is 9.68. The van der Waals surface area contributed by atoms with Gasteiger partial charge in [0.1, 0.15) is 6.10 Å². The standard InChI is InChI=1S/C9H15N3O/c1-3-5-9(13)8-7-10-11-12(8)6-4-2/h3,7,9,13H,1,4-6H2,2H3. The van der Waals surface area contributed by atoms with Crippen LogP contribution < -0.4 is 0 Å². The van der Waals surface area contributed by atoms with E-state index in [-0.39, 0.29) is 0 Å². The lowest BCUT2D eigenvalue weighted by atomic mass is 10.2. The predicted molar refractivity (Wildman–Crippen MR) is 50.1 cm³/mol. The van der Waals surface area contributed by atoms with Gasteiger partial charge >= 0.3 is 0 Å². The minimum atomic E-state index is -0.529. The number of aromatic nitrogens is 3. The summed E-state index contributed by atoms with van der Waals surface area (Å²) in [5, 5.41) is 17.3. The van der Waals surface area contributed by atoms with Crippen LogP contribution in [0.4, 0.5) is 0 Å². The van der Waals surface area contributed by atoms with Crippen molar-refractivity contribution in [3.05, 3.63) is 24.5 Å². The molecule has 0 aliphatic rings. The molecule has 0 aliphatic heterocycles. The zero-order valence-electron chi connectivity index (χ0n) is 7.85. The molecule has 0 aromatic carbocycles. The van der Waals surface area contributed by atoms with Gasteiger partial charge in [0.25, 0.3) is 0 Å². The second kappa shape index (κ2) is 4.77. The van der Waals surface area contributed by atoms with E-state index in [9.17, 15) is 5.11 Å². The monoisotopic (exact) mass is 181 g/mol. The van der Waals surface area contributed by atoms with E-state index in [0.29, 0.717) is 6.42 Å². The molecule has 1 heterocycles. The van der Waals surface area contributed by atoms with Crippen molar-refractivity contribution < 1.29 is 5.11 Å². The molecule has 1 aromatic heterocycles. The fourth-order valence-corrected chi connectivity index (χ4v) is 1.19. The van der Waals surface area contributed by atoms with Gasteiger partial charge in [-0.3, -0.25) is 0 Å². The highest BCUT2D eigenvalue weighted by atomic mass is 16.3. The average Bonchev–Trinajstić information content (AvgIpc) is 2.54. The van der Waals surface area contributed by atoms with Gasteiger partial charge in [-0.15, -0.1) is 11.7 Å². The van der Waals surface area contributed by atoms with E-state index in [1.165, 1.54) is 0 Å². The second-order valence-electron chi connectivity index (χ2n) is 2.92. The average molecular weight is 181 g/mol. The van der Waals surface area contributed by atoms with Crippen molar-refractivity contribution in [2.45, 2.75) is 32.4 Å². The molecule has 0 saturated carbocycles. The van der Waals surface area contributed by atoms with E-state index in [2.05, 4.69) is 23.8 Å². The van der Waals surface area contributed by atoms with Gasteiger partial charge in [-0.25, -0.2) is 4.68 Å². The zero-order valence-corrected chi connectivity index (χ0v) is 7.85. The van der Waals surface area contributed by atoms with Crippen LogP contribution in [0.25, 0.3) is 0 Å². The van der Waals surface area contributed by atoms with Crippen LogP contribution in [-0.4, -0.2) is 20.1 Å². The summed E-state index contributed by atoms with van der Waals surface area (Å²) in [7, 11) is 0. The predicted octanol–water partition coefficient (Wildman–Crippen LogP) is 1.30. The Morgan fingerprint density at radius 3 is 3.15 bits per heavy atom. The van der Waals surface area contributed by atoms with Crippen molar-refractivity contribution in [2.24, 2.45) is 0 Å². The molecular formula is C9H15N3O. The molecule has 0 fully saturated rings. The van der Waals surface area contributed by atoms with Gasteiger partial charge in [0.15, 0.2) is 0 Å². The van der Waals surface area contributed by atoms with Crippen molar-refractivity contribution in [3.63, 3.8) is 0 Å². The van der Waals surface area contributed by atoms with Crippen LogP contribution in [0.3, 0.4) is 0 Å². The molecule has 1 unspecified atom stereocenters. The van der Waals surface area contributed by atoms with Crippen molar-refractivity contribution >= 4 is 0 Å². The smallest absolute Gasteiger partial charge is 0.101 e. The quantitative estimate of drug-likeness (QED) is 0.696. The normalized spacial score (nSPS) is 12.8. The molecule has 13 heavy (non-hydrogen) atoms. The summed E-state index contributed by atoms with van der Waals surface area (Å²) in [5.41, 5.74) is 0.766. The molecule has 0 radical (unpaired) electrons. The van der Waals surface area contributed by atoms with Crippen LogP contribution >= 0.6 is 0 Å². The molecule has 0 saturated heterocycles. The lowest BCUT2D eigenvalue weighted by Gasteiger charge is -2.08. The summed E-state index contributed by atoms with van der Waals surface area (Å²) in [6.45, 7) is 6.43. The first-order valence-corrected chi connectivity index (χ1v) is 4.47. The van der Waals surface area contributed by atoms with Gasteiger partial charge in [0.05, 0.1) is 11.9 Å². The number of hydrogen-bond acceptors (Lipinski definition) is 3. The first kappa shape index (κ1) is 9.92. The fourth-order valence-electron chi connectivity index (χ4n) is 1.19. The van der Waals surface area contributed by atoms with Crippen LogP contribution in [-0.2, 0) is 6.54 Å². The maximum Gasteiger partial charge on any atom is 0.101 e. The third-order valence-corrected chi connectivity index (χ3v) is 1.81. The molecule has 0 amide bonds. The molecule has 0 spiro atoms. The number of hydrogen-bond donors (Lipinski definition) is 1. The van der Waals surface area contributed by atoms with Crippen LogP contribution in [0, 0.1) is 0 Å². The first-order chi connectivity index (χ1) is 6.29. The maximum absolute atomic E-state index is 9.64. The highest BCUT2D eigenvalue weighted by Gasteiger charge is 2.11. The highest BCUT2D eigenvalue weighted by Crippen LogP contribution is 2.15. The Hall–Kier alpha value is -1.16. The molecule has 1 aromatic rings. The Morgan fingerprint density at radius 1 is 1.77 bits per heavy atom. The molecular weight excluding hydrogens is 166 g/mol. The largest absolute Gasteiger partial charge is 0.386 e. The second-order valence-corrected chi connectivity index (χ2v) is 2.92. The van der Waals surface area contributed by atoms with Crippen LogP contribution in [0.15, 0.2) is 18.9 Å². The Morgan fingerprint density at radius 2 is 2.54 bits per heavy atom. The molecule has 4 nitrogen and oxygen atoms in total. The van der Waals surface area contributed by atoms with Gasteiger partial charge in [0, 0.05) is 6.54 Å². The Labute approximate surface area is 77.9 Å². The van der Waals surface area contributed by atoms with E-state index < -0.39 is 6.10 Å². The summed E-state index contributed by atoms with van der Waals surface area (Å²) < 4.78 is 1.73. The summed E-state index contributed by atoms with van der Waals surface area (Å²) >= 11 is 0. The SMILES string of the molecule is C=CCC(O)c1cnnn1CCC. The Kier molecular flexibility index (Phi) is 3.64. The van der Waals surface area contributed by atoms with Crippen molar-refractivity contribution in [3.8, 4) is 0 Å². The lowest BCUT2D eigenvalue weighted by molar-refractivity contribution is 0.169. The fraction of sp³-hybridized carbons (Fsp3) is 0.556. The van der Waals surface area contributed by atoms with Crippen molar-refractivity contribution in [2.75, 3.05) is 0 Å². The number of rotatable bonds is 5. The van der Waals surface area contributed by atoms with Gasteiger partial charge in [0.2, 0.25) is 0 Å². The molecule has 1 rings (SSSR count). The number of nitrogens with zero attached hydrogens (tertiary/aromatic N) is 3. The van der Waals surface area contributed by atoms with Gasteiger partial charge in [-0.2, -0.15) is 0 Å². The highest BCUT2D eigenvalue weighted by molar-refractivity contribution is 5.00. The van der Waals surface area contributed by atoms with Gasteiger partial charge in [-0.05, 0) is 12.8 Å². The van der Waals surface area contributed by atoms with Crippen LogP contribution in [0.2, 0.25) is 0 Å². The third kappa shape index (κ3) is 2.39. The van der Waals surface area contributed by atoms with Crippen LogP contribution in [0.5, 0.6) is 0 Å². The van der Waals surface area contributed by atoms with E-state index in [0.717, 1.165) is 18.7 Å². The molecule has 0 aliphatic carbocycles. The summed E-state index contributed by atoms with van der Waals surface area (Å²) in [4.78, 5) is 0. The third-order valence-electron chi connectivity index (χ3n) is 1.81. The summed E-state index contributed by atoms with van der Waals surface area (Å²) in [6.07, 6.45) is 4.28. The Balaban J connectivity index is 2.73. The summed E-state index contributed by atoms with van der Waals surface area (Å²) in [5.74, 6) is 0. The van der Waals surface area contributed by atoms with Crippen molar-refractivity contribution in [1.29, 1.82) is 0 Å². The topological polar surface area (TPSA) is 50.9 Å². The van der Waals surface area contributed by atoms with E-state index >= 15 is 0 Å². The van der Waals surface area contributed by atoms with E-state index in [1.807, 2.05) is 0 Å². The minimum Gasteiger partial charge on any atom is -0.386 e. The first-order valence-electron chi connectivity index (χ1n) is 4.47. The minimum absolute atomic E-state index is 0.529. The maximum atomic E-state index is 9.64. The molecule has 1 N–H and O–H groups in total. The number of aliphatic hydroxyl groups is 1. The van der Waals surface area contributed by atoms with Crippen molar-refractivity contribution in [1.82, 2.24) is 15.0 Å². The molecule has 4 heteroatoms. The lowest BCUT2D eigenvalue weighted by Crippen LogP contribution is -2.08. The number of aliphatic hydroxyl groups excluding tert-OH is 1. The molecule has 1 atom stereocenters.